The molecule has 582 valence electrons. The van der Waals surface area contributed by atoms with Crippen LogP contribution in [0.4, 0.5) is 62.2 Å². The van der Waals surface area contributed by atoms with Crippen LogP contribution < -0.4 is 16.0 Å². The monoisotopic (exact) mass is 1550 g/mol. The Balaban J connectivity index is 0.000000145. The highest BCUT2D eigenvalue weighted by atomic mass is 35.5. The normalized spacial score (nSPS) is 26.6. The van der Waals surface area contributed by atoms with Crippen molar-refractivity contribution in [1.82, 2.24) is 34.3 Å². The summed E-state index contributed by atoms with van der Waals surface area (Å²) in [6, 6.07) is 40.3. The zero-order chi connectivity index (χ0) is 77.7. The zero-order valence-corrected chi connectivity index (χ0v) is 63.3. The van der Waals surface area contributed by atoms with Crippen molar-refractivity contribution in [3.8, 4) is 18.2 Å². The van der Waals surface area contributed by atoms with Crippen LogP contribution in [0.3, 0.4) is 0 Å². The average Bonchev–Trinajstić information content (AvgIpc) is 1.55. The van der Waals surface area contributed by atoms with Crippen LogP contribution in [-0.2, 0) is 22.4 Å². The first-order chi connectivity index (χ1) is 52.8. The van der Waals surface area contributed by atoms with Gasteiger partial charge < -0.3 is 50.5 Å². The molecule has 110 heavy (non-hydrogen) atoms. The van der Waals surface area contributed by atoms with Gasteiger partial charge >= 0.3 is 24.3 Å². The maximum absolute atomic E-state index is 13.8. The fraction of sp³-hybridized carbons (Fsp3) is 0.500. The minimum absolute atomic E-state index is 0.0302. The van der Waals surface area contributed by atoms with Gasteiger partial charge in [0.1, 0.15) is 12.0 Å². The van der Waals surface area contributed by atoms with Crippen LogP contribution in [0.5, 0.6) is 0 Å². The number of urea groups is 3. The Morgan fingerprint density at radius 3 is 1.59 bits per heavy atom. The number of nitriles is 3. The molecular weight excluding hydrogens is 1460 g/mol. The number of carbonyl (C=O) groups is 3. The van der Waals surface area contributed by atoms with Gasteiger partial charge in [0.15, 0.2) is 11.6 Å². The predicted molar refractivity (Wildman–Crippen MR) is 409 cm³/mol. The van der Waals surface area contributed by atoms with E-state index in [2.05, 4.69) is 72.9 Å². The first-order valence-corrected chi connectivity index (χ1v) is 39.3. The largest absolute Gasteiger partial charge is 0.419 e. The van der Waals surface area contributed by atoms with Gasteiger partial charge in [-0.3, -0.25) is 4.90 Å². The fourth-order valence-corrected chi connectivity index (χ4v) is 19.3. The van der Waals surface area contributed by atoms with Crippen LogP contribution in [-0.4, -0.2) is 187 Å². The second-order valence-corrected chi connectivity index (χ2v) is 32.6. The zero-order valence-electron chi connectivity index (χ0n) is 61.8. The Labute approximate surface area is 648 Å². The minimum atomic E-state index is -4.85. The number of aliphatic hydroxyl groups is 1. The van der Waals surface area contributed by atoms with E-state index in [1.54, 1.807) is 23.1 Å². The molecule has 3 saturated heterocycles. The van der Waals surface area contributed by atoms with E-state index in [0.717, 1.165) is 167 Å². The van der Waals surface area contributed by atoms with E-state index in [0.29, 0.717) is 95.9 Å². The predicted octanol–water partition coefficient (Wildman–Crippen LogP) is 16.2. The number of benzene rings is 6. The molecule has 6 saturated carbocycles. The molecule has 0 bridgehead atoms. The number of likely N-dealkylation sites (tertiary alicyclic amines) is 2. The number of β-amino-alcohol motifs (C(OH)–C–C–N with tert-alkyl or cyclic N) is 1. The van der Waals surface area contributed by atoms with E-state index < -0.39 is 41.4 Å². The number of amides is 6. The Kier molecular flexibility index (Phi) is 24.8. The number of likely N-dealkylation sites (N-methyl/N-ethyl adjacent to an activating group) is 1. The Hall–Kier alpha value is -8.51. The van der Waals surface area contributed by atoms with Gasteiger partial charge in [-0.2, -0.15) is 29.0 Å². The highest BCUT2D eigenvalue weighted by molar-refractivity contribution is 6.35. The molecule has 3 heterocycles. The van der Waals surface area contributed by atoms with Crippen molar-refractivity contribution in [3.05, 3.63) is 194 Å². The molecule has 11 atom stereocenters. The summed E-state index contributed by atoms with van der Waals surface area (Å²) >= 11 is 12.3. The summed E-state index contributed by atoms with van der Waals surface area (Å²) < 4.78 is 94.2. The van der Waals surface area contributed by atoms with E-state index in [4.69, 9.17) is 28.5 Å². The summed E-state index contributed by atoms with van der Waals surface area (Å²) in [5.41, 5.74) is 5.12. The lowest BCUT2D eigenvalue weighted by molar-refractivity contribution is -0.139. The number of hydrogen-bond acceptors (Lipinski definition) is 11. The van der Waals surface area contributed by atoms with Crippen molar-refractivity contribution < 1.29 is 50.2 Å². The van der Waals surface area contributed by atoms with Gasteiger partial charge in [-0.15, -0.1) is 0 Å². The molecule has 3 aliphatic heterocycles. The van der Waals surface area contributed by atoms with Crippen LogP contribution in [0.1, 0.15) is 135 Å². The van der Waals surface area contributed by atoms with Gasteiger partial charge in [0, 0.05) is 135 Å². The molecule has 0 spiro atoms. The summed E-state index contributed by atoms with van der Waals surface area (Å²) in [7, 11) is 2.10. The standard InChI is InChI=1S/C29H33F4N5O.C28H31F3N4O.C27H30Cl2N4O2/c1-36-13-15-37(16-14-36)11-2-12-38(27(39)35-22-7-8-25(30)23(17-22)29(31,32)33)26-9-10-28(18-24(26)28)21-5-3-20(19-34)4-6-21;29-22-8-12-34(18-22)10-2-11-35(27(36)33-23-5-6-25(30)26(31)15-23)24-7-9-28(16-21(28)14-24)20-4-1-3-19(13-20)17-32;28-21-12-22(29)14-23(13-21)31-26(35)33(9-8-32-7-5-25(34)17-32)24-4-6-27(15-20(27)11-24)19-3-1-2-18(10-19)16-30/h3-8,17,24,26H,2,9-16,18H2,1H3,(H,35,39);1,3-6,13,15,21-22,24H,2,7-12,14,16,18H2,(H,33,36);1-3,10,12-14,20,24-25,34H,4-9,11,15,17H2,(H,31,35)/t24?,26-,28-;21?,22-,24+,28-;20?,24-,25-,27+/m101/s1. The van der Waals surface area contributed by atoms with Crippen molar-refractivity contribution in [3.63, 3.8) is 0 Å². The third-order valence-electron chi connectivity index (χ3n) is 25.0. The SMILES string of the molecule is CN1CCN(CCCN(C(=O)Nc2ccc(F)c(C(F)(F)F)c2)[C@@H]2CC[C@]3(c4ccc(C#N)cc4)CC23)CC1.N#Cc1cccc([C@@]23CC[C@@H](N(CCCN4CC[C@H](F)C4)C(=O)Nc4ccc(F)c(F)c4)CC2C3)c1.N#Cc1cccc([C@@]23CC[C@@H](N(CCN4CC[C@@H](O)C4)C(=O)Nc4cc(Cl)cc(Cl)c4)CC2C3)c1. The minimum Gasteiger partial charge on any atom is -0.392 e. The number of fused-ring (bicyclic) bond motifs is 3. The van der Waals surface area contributed by atoms with Gasteiger partial charge in [-0.05, 0) is 247 Å². The van der Waals surface area contributed by atoms with Crippen molar-refractivity contribution in [2.45, 2.75) is 149 Å². The van der Waals surface area contributed by atoms with Crippen LogP contribution in [0.2, 0.25) is 10.0 Å². The third-order valence-corrected chi connectivity index (χ3v) is 25.4. The molecule has 4 N–H and O–H groups in total. The number of alkyl halides is 4. The summed E-state index contributed by atoms with van der Waals surface area (Å²) in [4.78, 5) is 54.9. The lowest BCUT2D eigenvalue weighted by Gasteiger charge is -2.37. The smallest absolute Gasteiger partial charge is 0.392 e. The van der Waals surface area contributed by atoms with Gasteiger partial charge in [0.05, 0.1) is 46.6 Å². The summed E-state index contributed by atoms with van der Waals surface area (Å²) in [6.45, 7) is 10.5. The molecule has 26 heteroatoms. The second-order valence-electron chi connectivity index (χ2n) is 31.7. The van der Waals surface area contributed by atoms with Crippen LogP contribution in [0.15, 0.2) is 127 Å². The third kappa shape index (κ3) is 18.6. The van der Waals surface area contributed by atoms with Crippen molar-refractivity contribution in [2.75, 3.05) is 115 Å². The molecule has 0 aromatic heterocycles. The Bertz CT molecular complexity index is 4420. The van der Waals surface area contributed by atoms with Crippen LogP contribution >= 0.6 is 23.2 Å². The quantitative estimate of drug-likeness (QED) is 0.0530. The van der Waals surface area contributed by atoms with Gasteiger partial charge in [-0.25, -0.2) is 31.9 Å². The molecule has 15 rings (SSSR count). The van der Waals surface area contributed by atoms with E-state index in [-0.39, 0.29) is 69.8 Å². The maximum Gasteiger partial charge on any atom is 0.419 e. The topological polar surface area (TPSA) is 202 Å². The summed E-state index contributed by atoms with van der Waals surface area (Å²) in [6.07, 6.45) is 7.17. The first-order valence-electron chi connectivity index (χ1n) is 38.5. The van der Waals surface area contributed by atoms with Crippen LogP contribution in [0.25, 0.3) is 0 Å². The van der Waals surface area contributed by atoms with Crippen molar-refractivity contribution >= 4 is 58.4 Å². The summed E-state index contributed by atoms with van der Waals surface area (Å²) in [5, 5.41) is 47.0. The number of carbonyl (C=O) groups excluding carboxylic acids is 3. The number of hydrogen-bond donors (Lipinski definition) is 4. The van der Waals surface area contributed by atoms with Crippen molar-refractivity contribution in [1.29, 1.82) is 15.8 Å². The first kappa shape index (κ1) is 79.6. The maximum atomic E-state index is 13.8. The molecular formula is C84H94Cl2F7N13O4. The summed E-state index contributed by atoms with van der Waals surface area (Å²) in [5.74, 6) is -2.13. The molecule has 6 aliphatic carbocycles. The molecule has 3 unspecified atom stereocenters. The van der Waals surface area contributed by atoms with E-state index >= 15 is 0 Å². The van der Waals surface area contributed by atoms with E-state index in [1.807, 2.05) is 70.5 Å². The fourth-order valence-electron chi connectivity index (χ4n) is 18.7. The Morgan fingerprint density at radius 2 is 1.05 bits per heavy atom. The lowest BCUT2D eigenvalue weighted by Crippen LogP contribution is -2.48. The molecule has 9 fully saturated rings. The van der Waals surface area contributed by atoms with Crippen LogP contribution in [0, 0.1) is 69.2 Å². The number of aliphatic hydroxyl groups excluding tert-OH is 1. The highest BCUT2D eigenvalue weighted by Crippen LogP contribution is 2.66. The van der Waals surface area contributed by atoms with Gasteiger partial charge in [-0.1, -0.05) is 59.6 Å². The number of piperazine rings is 1. The number of rotatable bonds is 20. The number of halogens is 9. The van der Waals surface area contributed by atoms with Gasteiger partial charge in [0.25, 0.3) is 0 Å². The van der Waals surface area contributed by atoms with E-state index in [1.165, 1.54) is 22.8 Å². The molecule has 6 aromatic carbocycles. The lowest BCUT2D eigenvalue weighted by atomic mass is 9.80. The molecule has 17 nitrogen and oxygen atoms in total. The van der Waals surface area contributed by atoms with Gasteiger partial charge in [0.2, 0.25) is 0 Å². The number of nitrogens with zero attached hydrogens (tertiary/aromatic N) is 10. The molecule has 6 amide bonds. The molecule has 0 radical (unpaired) electrons. The molecule has 9 aliphatic rings. The highest BCUT2D eigenvalue weighted by Gasteiger charge is 2.64. The number of anilines is 3. The number of nitrogens with one attached hydrogen (secondary N) is 3. The Morgan fingerprint density at radius 1 is 0.527 bits per heavy atom. The average molecular weight is 1550 g/mol. The van der Waals surface area contributed by atoms with Crippen molar-refractivity contribution in [2.24, 2.45) is 17.8 Å². The second kappa shape index (κ2) is 34.2. The van der Waals surface area contributed by atoms with E-state index in [9.17, 15) is 60.7 Å². The molecule has 6 aromatic rings.